The molecule has 2 aliphatic heterocycles. The second kappa shape index (κ2) is 7.60. The Bertz CT molecular complexity index is 461. The Morgan fingerprint density at radius 1 is 1.04 bits per heavy atom. The van der Waals surface area contributed by atoms with E-state index in [-0.39, 0.29) is 43.7 Å². The van der Waals surface area contributed by atoms with Gasteiger partial charge in [0.05, 0.1) is 12.6 Å². The molecule has 2 saturated heterocycles. The molecule has 2 bridgehead atoms. The van der Waals surface area contributed by atoms with E-state index in [0.29, 0.717) is 19.1 Å². The molecule has 4 rings (SSSR count). The van der Waals surface area contributed by atoms with Crippen LogP contribution in [-0.4, -0.2) is 66.4 Å². The third kappa shape index (κ3) is 3.81. The quantitative estimate of drug-likeness (QED) is 0.790. The maximum atomic E-state index is 13.2. The highest BCUT2D eigenvalue weighted by Crippen LogP contribution is 2.46. The predicted octanol–water partition coefficient (Wildman–Crippen LogP) is 2.16. The van der Waals surface area contributed by atoms with Crippen molar-refractivity contribution in [1.29, 1.82) is 0 Å². The lowest BCUT2D eigenvalue weighted by atomic mass is 9.93. The first-order chi connectivity index (χ1) is 10.5. The standard InChI is InChI=1S/C16H25F2N3O.2ClH/c17-16(18)9-13(19-10-16)15(22)21-5-3-20(4-6-21)14-8-11-1-2-12(14)7-11;;/h11-14,19H,1-10H2;2*1H. The second-order valence-corrected chi connectivity index (χ2v) is 7.60. The first-order valence-electron chi connectivity index (χ1n) is 8.66. The van der Waals surface area contributed by atoms with Crippen LogP contribution >= 0.6 is 24.8 Å². The molecule has 0 radical (unpaired) electrons. The molecule has 4 fully saturated rings. The van der Waals surface area contributed by atoms with Crippen LogP contribution in [0.5, 0.6) is 0 Å². The normalized spacial score (nSPS) is 37.8. The SMILES string of the molecule is Cl.Cl.O=C(C1CC(F)(F)CN1)N1CCN(C2CC3CCC2C3)CC1. The van der Waals surface area contributed by atoms with Crippen molar-refractivity contribution >= 4 is 30.7 Å². The van der Waals surface area contributed by atoms with Crippen molar-refractivity contribution in [3.05, 3.63) is 0 Å². The Morgan fingerprint density at radius 3 is 2.25 bits per heavy atom. The van der Waals surface area contributed by atoms with Crippen LogP contribution in [-0.2, 0) is 4.79 Å². The summed E-state index contributed by atoms with van der Waals surface area (Å²) in [6, 6.07) is 0.0222. The topological polar surface area (TPSA) is 35.6 Å². The second-order valence-electron chi connectivity index (χ2n) is 7.60. The molecule has 1 amide bonds. The number of alkyl halides is 2. The fourth-order valence-corrected chi connectivity index (χ4v) is 5.04. The van der Waals surface area contributed by atoms with Crippen molar-refractivity contribution < 1.29 is 13.6 Å². The van der Waals surface area contributed by atoms with E-state index in [1.807, 2.05) is 0 Å². The molecule has 2 saturated carbocycles. The van der Waals surface area contributed by atoms with Gasteiger partial charge in [-0.25, -0.2) is 8.78 Å². The van der Waals surface area contributed by atoms with Crippen LogP contribution in [0.2, 0.25) is 0 Å². The van der Waals surface area contributed by atoms with E-state index in [0.717, 1.165) is 24.9 Å². The zero-order valence-corrected chi connectivity index (χ0v) is 15.4. The van der Waals surface area contributed by atoms with Crippen molar-refractivity contribution in [2.45, 2.75) is 50.1 Å². The van der Waals surface area contributed by atoms with Crippen molar-refractivity contribution in [2.75, 3.05) is 32.7 Å². The van der Waals surface area contributed by atoms with Gasteiger partial charge < -0.3 is 4.90 Å². The molecule has 2 heterocycles. The number of piperazine rings is 1. The number of rotatable bonds is 2. The van der Waals surface area contributed by atoms with Gasteiger partial charge in [0.15, 0.2) is 0 Å². The fraction of sp³-hybridized carbons (Fsp3) is 0.938. The first kappa shape index (κ1) is 20.1. The lowest BCUT2D eigenvalue weighted by molar-refractivity contribution is -0.136. The third-order valence-electron chi connectivity index (χ3n) is 6.20. The minimum absolute atomic E-state index is 0. The van der Waals surface area contributed by atoms with E-state index in [2.05, 4.69) is 10.2 Å². The molecule has 4 atom stereocenters. The highest BCUT2D eigenvalue weighted by Gasteiger charge is 2.45. The maximum absolute atomic E-state index is 13.2. The van der Waals surface area contributed by atoms with Crippen LogP contribution in [0.3, 0.4) is 0 Å². The summed E-state index contributed by atoms with van der Waals surface area (Å²) in [5.74, 6) is -1.07. The minimum Gasteiger partial charge on any atom is -0.339 e. The Kier molecular flexibility index (Phi) is 6.38. The van der Waals surface area contributed by atoms with Gasteiger partial charge >= 0.3 is 0 Å². The monoisotopic (exact) mass is 385 g/mol. The molecule has 4 nitrogen and oxygen atoms in total. The van der Waals surface area contributed by atoms with E-state index in [9.17, 15) is 13.6 Å². The van der Waals surface area contributed by atoms with Gasteiger partial charge in [0.1, 0.15) is 0 Å². The van der Waals surface area contributed by atoms with Gasteiger partial charge in [0.25, 0.3) is 5.92 Å². The molecule has 4 aliphatic rings. The number of carbonyl (C=O) groups is 1. The molecule has 2 aliphatic carbocycles. The summed E-state index contributed by atoms with van der Waals surface area (Å²) in [6.45, 7) is 2.83. The molecular weight excluding hydrogens is 359 g/mol. The van der Waals surface area contributed by atoms with Crippen LogP contribution in [0.4, 0.5) is 8.78 Å². The van der Waals surface area contributed by atoms with Gasteiger partial charge in [-0.3, -0.25) is 15.0 Å². The zero-order chi connectivity index (χ0) is 15.3. The average Bonchev–Trinajstić information content (AvgIpc) is 3.21. The maximum Gasteiger partial charge on any atom is 0.262 e. The van der Waals surface area contributed by atoms with Gasteiger partial charge in [0, 0.05) is 38.6 Å². The van der Waals surface area contributed by atoms with Gasteiger partial charge in [-0.15, -0.1) is 24.8 Å². The lowest BCUT2D eigenvalue weighted by Crippen LogP contribution is -2.55. The van der Waals surface area contributed by atoms with E-state index in [1.165, 1.54) is 25.7 Å². The van der Waals surface area contributed by atoms with Crippen LogP contribution in [0.15, 0.2) is 0 Å². The summed E-state index contributed by atoms with van der Waals surface area (Å²) < 4.78 is 26.5. The molecule has 0 aromatic rings. The van der Waals surface area contributed by atoms with Crippen LogP contribution < -0.4 is 5.32 Å². The van der Waals surface area contributed by atoms with Gasteiger partial charge in [-0.2, -0.15) is 0 Å². The molecule has 0 aromatic heterocycles. The number of fused-ring (bicyclic) bond motifs is 2. The largest absolute Gasteiger partial charge is 0.339 e. The van der Waals surface area contributed by atoms with Crippen molar-refractivity contribution in [1.82, 2.24) is 15.1 Å². The summed E-state index contributed by atoms with van der Waals surface area (Å²) >= 11 is 0. The van der Waals surface area contributed by atoms with E-state index >= 15 is 0 Å². The number of amides is 1. The van der Waals surface area contributed by atoms with Crippen molar-refractivity contribution in [3.8, 4) is 0 Å². The number of halogens is 4. The Labute approximate surface area is 154 Å². The zero-order valence-electron chi connectivity index (χ0n) is 13.8. The highest BCUT2D eigenvalue weighted by atomic mass is 35.5. The van der Waals surface area contributed by atoms with Crippen LogP contribution in [0, 0.1) is 11.8 Å². The van der Waals surface area contributed by atoms with E-state index in [4.69, 9.17) is 0 Å². The highest BCUT2D eigenvalue weighted by molar-refractivity contribution is 5.85. The summed E-state index contributed by atoms with van der Waals surface area (Å²) in [4.78, 5) is 16.7. The molecular formula is C16H27Cl2F2N3O. The molecule has 0 spiro atoms. The van der Waals surface area contributed by atoms with Gasteiger partial charge in [-0.05, 0) is 31.1 Å². The van der Waals surface area contributed by atoms with Crippen LogP contribution in [0.1, 0.15) is 32.1 Å². The average molecular weight is 386 g/mol. The van der Waals surface area contributed by atoms with Gasteiger partial charge in [0.2, 0.25) is 5.91 Å². The summed E-state index contributed by atoms with van der Waals surface area (Å²) in [5.41, 5.74) is 0. The molecule has 0 aromatic carbocycles. The Morgan fingerprint density at radius 2 is 1.75 bits per heavy atom. The number of nitrogens with zero attached hydrogens (tertiary/aromatic N) is 2. The number of nitrogens with one attached hydrogen (secondary N) is 1. The Hall–Kier alpha value is -0.170. The first-order valence-corrected chi connectivity index (χ1v) is 8.66. The molecule has 24 heavy (non-hydrogen) atoms. The van der Waals surface area contributed by atoms with E-state index < -0.39 is 12.0 Å². The van der Waals surface area contributed by atoms with Gasteiger partial charge in [-0.1, -0.05) is 6.42 Å². The predicted molar refractivity (Wildman–Crippen MR) is 93.2 cm³/mol. The molecule has 4 unspecified atom stereocenters. The number of carbonyl (C=O) groups excluding carboxylic acids is 1. The number of hydrogen-bond acceptors (Lipinski definition) is 3. The summed E-state index contributed by atoms with van der Waals surface area (Å²) in [6.07, 6.45) is 5.15. The summed E-state index contributed by atoms with van der Waals surface area (Å²) in [7, 11) is 0. The molecule has 1 N–H and O–H groups in total. The summed E-state index contributed by atoms with van der Waals surface area (Å²) in [5, 5.41) is 2.68. The number of hydrogen-bond donors (Lipinski definition) is 1. The van der Waals surface area contributed by atoms with Crippen molar-refractivity contribution in [3.63, 3.8) is 0 Å². The van der Waals surface area contributed by atoms with E-state index in [1.54, 1.807) is 4.90 Å². The van der Waals surface area contributed by atoms with Crippen LogP contribution in [0.25, 0.3) is 0 Å². The minimum atomic E-state index is -2.73. The van der Waals surface area contributed by atoms with Crippen molar-refractivity contribution in [2.24, 2.45) is 11.8 Å². The fourth-order valence-electron chi connectivity index (χ4n) is 5.04. The molecule has 8 heteroatoms. The lowest BCUT2D eigenvalue weighted by Gasteiger charge is -2.41. The Balaban J connectivity index is 0.00000104. The smallest absolute Gasteiger partial charge is 0.262 e. The third-order valence-corrected chi connectivity index (χ3v) is 6.20. The molecule has 140 valence electrons.